The minimum Gasteiger partial charge on any atom is -0.380 e. The Kier molecular flexibility index (Phi) is 12.4. The molecule has 1 aliphatic heterocycles. The van der Waals surface area contributed by atoms with Crippen LogP contribution >= 0.6 is 0 Å². The third-order valence-corrected chi connectivity index (χ3v) is 7.79. The summed E-state index contributed by atoms with van der Waals surface area (Å²) in [6.45, 7) is 11.0. The van der Waals surface area contributed by atoms with E-state index in [1.54, 1.807) is 12.0 Å². The van der Waals surface area contributed by atoms with Crippen LogP contribution in [0.1, 0.15) is 58.9 Å². The summed E-state index contributed by atoms with van der Waals surface area (Å²) in [6.07, 6.45) is 2.80. The van der Waals surface area contributed by atoms with Crippen LogP contribution in [-0.4, -0.2) is 74.1 Å². The van der Waals surface area contributed by atoms with E-state index in [4.69, 9.17) is 4.74 Å². The van der Waals surface area contributed by atoms with Crippen LogP contribution in [0, 0.1) is 11.8 Å². The zero-order chi connectivity index (χ0) is 29.1. The van der Waals surface area contributed by atoms with Crippen molar-refractivity contribution in [2.75, 3.05) is 33.3 Å². The average Bonchev–Trinajstić information content (AvgIpc) is 3.39. The van der Waals surface area contributed by atoms with Gasteiger partial charge >= 0.3 is 0 Å². The first-order chi connectivity index (χ1) is 19.3. The van der Waals surface area contributed by atoms with Crippen molar-refractivity contribution in [1.29, 1.82) is 0 Å². The highest BCUT2D eigenvalue weighted by Gasteiger charge is 2.42. The number of carbonyl (C=O) groups excluding carboxylic acids is 3. The van der Waals surface area contributed by atoms with Gasteiger partial charge < -0.3 is 25.6 Å². The maximum atomic E-state index is 13.7. The molecule has 220 valence electrons. The van der Waals surface area contributed by atoms with Crippen LogP contribution < -0.4 is 16.0 Å². The lowest BCUT2D eigenvalue weighted by atomic mass is 10.00. The van der Waals surface area contributed by atoms with Crippen molar-refractivity contribution in [2.45, 2.75) is 78.0 Å². The molecule has 0 bridgehead atoms. The van der Waals surface area contributed by atoms with E-state index in [0.717, 1.165) is 48.7 Å². The molecule has 1 saturated heterocycles. The van der Waals surface area contributed by atoms with E-state index in [2.05, 4.69) is 41.9 Å². The van der Waals surface area contributed by atoms with Gasteiger partial charge in [0.25, 0.3) is 0 Å². The summed E-state index contributed by atoms with van der Waals surface area (Å²) in [5.74, 6) is -0.107. The Balaban J connectivity index is 1.74. The van der Waals surface area contributed by atoms with E-state index >= 15 is 0 Å². The second kappa shape index (κ2) is 15.7. The molecule has 0 aliphatic carbocycles. The minimum atomic E-state index is -0.760. The summed E-state index contributed by atoms with van der Waals surface area (Å²) >= 11 is 0. The topological polar surface area (TPSA) is 99.8 Å². The third-order valence-electron chi connectivity index (χ3n) is 7.79. The van der Waals surface area contributed by atoms with Gasteiger partial charge in [-0.3, -0.25) is 14.4 Å². The fourth-order valence-corrected chi connectivity index (χ4v) is 5.35. The zero-order valence-electron chi connectivity index (χ0n) is 24.9. The van der Waals surface area contributed by atoms with Crippen molar-refractivity contribution in [3.05, 3.63) is 48.0 Å². The second-order valence-corrected chi connectivity index (χ2v) is 11.3. The molecular weight excluding hydrogens is 504 g/mol. The Morgan fingerprint density at radius 2 is 1.75 bits per heavy atom. The number of hydrogen-bond donors (Lipinski definition) is 3. The van der Waals surface area contributed by atoms with Crippen LogP contribution in [0.4, 0.5) is 0 Å². The van der Waals surface area contributed by atoms with Crippen molar-refractivity contribution >= 4 is 28.5 Å². The smallest absolute Gasteiger partial charge is 0.243 e. The molecule has 0 spiro atoms. The highest BCUT2D eigenvalue weighted by molar-refractivity contribution is 5.93. The predicted octanol–water partition coefficient (Wildman–Crippen LogP) is 3.67. The Morgan fingerprint density at radius 1 is 1.02 bits per heavy atom. The summed E-state index contributed by atoms with van der Waals surface area (Å²) in [5.41, 5.74) is 0.962. The lowest BCUT2D eigenvalue weighted by molar-refractivity contribution is -0.142. The molecular formula is C32H48N4O4. The van der Waals surface area contributed by atoms with E-state index in [1.807, 2.05) is 44.2 Å². The van der Waals surface area contributed by atoms with E-state index in [0.29, 0.717) is 31.8 Å². The largest absolute Gasteiger partial charge is 0.380 e. The van der Waals surface area contributed by atoms with E-state index in [9.17, 15) is 14.4 Å². The molecule has 0 aromatic heterocycles. The minimum absolute atomic E-state index is 0.0193. The molecule has 8 nitrogen and oxygen atoms in total. The molecule has 2 aromatic carbocycles. The van der Waals surface area contributed by atoms with Crippen LogP contribution in [0.5, 0.6) is 0 Å². The summed E-state index contributed by atoms with van der Waals surface area (Å²) in [6, 6.07) is 12.8. The highest BCUT2D eigenvalue weighted by Crippen LogP contribution is 2.25. The molecule has 3 rings (SSSR count). The predicted molar refractivity (Wildman–Crippen MR) is 160 cm³/mol. The molecule has 0 radical (unpaired) electrons. The van der Waals surface area contributed by atoms with Crippen LogP contribution in [0.15, 0.2) is 42.5 Å². The van der Waals surface area contributed by atoms with Gasteiger partial charge in [-0.1, -0.05) is 70.2 Å². The van der Waals surface area contributed by atoms with Gasteiger partial charge in [0.1, 0.15) is 12.1 Å². The SMILES string of the molecule is CCC(CC)C(=O)N1C[C@H](OC)CC1C(=O)N[C@H](Cc1ccc2ccccc2c1)C(=O)NCCCNCC(C)C. The van der Waals surface area contributed by atoms with Gasteiger partial charge in [-0.2, -0.15) is 0 Å². The van der Waals surface area contributed by atoms with Crippen molar-refractivity contribution in [2.24, 2.45) is 11.8 Å². The molecule has 3 amide bonds. The van der Waals surface area contributed by atoms with Crippen molar-refractivity contribution < 1.29 is 19.1 Å². The van der Waals surface area contributed by atoms with Gasteiger partial charge in [-0.15, -0.1) is 0 Å². The quantitative estimate of drug-likeness (QED) is 0.293. The first-order valence-corrected chi connectivity index (χ1v) is 14.9. The molecule has 1 aliphatic rings. The normalized spacial score (nSPS) is 17.9. The number of likely N-dealkylation sites (tertiary alicyclic amines) is 1. The Labute approximate surface area is 239 Å². The molecule has 1 unspecified atom stereocenters. The number of hydrogen-bond acceptors (Lipinski definition) is 5. The van der Waals surface area contributed by atoms with E-state index in [1.165, 1.54) is 0 Å². The average molecular weight is 553 g/mol. The maximum Gasteiger partial charge on any atom is 0.243 e. The number of rotatable bonds is 15. The van der Waals surface area contributed by atoms with Crippen LogP contribution in [0.2, 0.25) is 0 Å². The van der Waals surface area contributed by atoms with Crippen LogP contribution in [0.25, 0.3) is 10.8 Å². The Morgan fingerprint density at radius 3 is 2.42 bits per heavy atom. The lowest BCUT2D eigenvalue weighted by Gasteiger charge is -2.28. The highest BCUT2D eigenvalue weighted by atomic mass is 16.5. The lowest BCUT2D eigenvalue weighted by Crippen LogP contribution is -2.54. The van der Waals surface area contributed by atoms with E-state index < -0.39 is 12.1 Å². The summed E-state index contributed by atoms with van der Waals surface area (Å²) in [5, 5.41) is 11.6. The van der Waals surface area contributed by atoms with Gasteiger partial charge in [0.05, 0.1) is 6.10 Å². The first-order valence-electron chi connectivity index (χ1n) is 14.9. The van der Waals surface area contributed by atoms with Crippen molar-refractivity contribution in [3.8, 4) is 0 Å². The van der Waals surface area contributed by atoms with Gasteiger partial charge in [0.2, 0.25) is 17.7 Å². The Hall–Kier alpha value is -2.97. The standard InChI is InChI=1S/C32H48N4O4/c1-6-24(7-2)32(39)36-21-27(40-5)19-29(36)31(38)35-28(30(37)34-16-10-15-33-20-22(3)4)18-23-13-14-25-11-8-9-12-26(25)17-23/h8-9,11-14,17,22,24,27-29,33H,6-7,10,15-16,18-21H2,1-5H3,(H,34,37)(H,35,38)/t27-,28-,29?/m1/s1. The molecule has 1 heterocycles. The molecule has 3 atom stereocenters. The number of carbonyl (C=O) groups is 3. The van der Waals surface area contributed by atoms with Crippen LogP contribution in [-0.2, 0) is 25.5 Å². The van der Waals surface area contributed by atoms with E-state index in [-0.39, 0.29) is 29.7 Å². The molecule has 1 fully saturated rings. The fourth-order valence-electron chi connectivity index (χ4n) is 5.35. The first kappa shape index (κ1) is 31.6. The molecule has 8 heteroatoms. The molecule has 0 saturated carbocycles. The number of methoxy groups -OCH3 is 1. The Bertz CT molecular complexity index is 1120. The summed E-state index contributed by atoms with van der Waals surface area (Å²) < 4.78 is 5.55. The van der Waals surface area contributed by atoms with Crippen molar-refractivity contribution in [1.82, 2.24) is 20.9 Å². The van der Waals surface area contributed by atoms with Crippen molar-refractivity contribution in [3.63, 3.8) is 0 Å². The zero-order valence-corrected chi connectivity index (χ0v) is 24.9. The second-order valence-electron chi connectivity index (χ2n) is 11.3. The van der Waals surface area contributed by atoms with Gasteiger partial charge in [-0.05, 0) is 54.6 Å². The third kappa shape index (κ3) is 8.77. The van der Waals surface area contributed by atoms with Gasteiger partial charge in [0, 0.05) is 39.0 Å². The van der Waals surface area contributed by atoms with Gasteiger partial charge in [-0.25, -0.2) is 0 Å². The molecule has 2 aromatic rings. The number of fused-ring (bicyclic) bond motifs is 1. The van der Waals surface area contributed by atoms with Gasteiger partial charge in [0.15, 0.2) is 0 Å². The summed E-state index contributed by atoms with van der Waals surface area (Å²) in [4.78, 5) is 42.0. The molecule has 40 heavy (non-hydrogen) atoms. The maximum absolute atomic E-state index is 13.7. The number of amides is 3. The number of nitrogens with one attached hydrogen (secondary N) is 3. The van der Waals surface area contributed by atoms with Crippen LogP contribution in [0.3, 0.4) is 0 Å². The number of nitrogens with zero attached hydrogens (tertiary/aromatic N) is 1. The number of ether oxygens (including phenoxy) is 1. The monoisotopic (exact) mass is 552 g/mol. The fraction of sp³-hybridized carbons (Fsp3) is 0.594. The molecule has 3 N–H and O–H groups in total. The number of benzene rings is 2. The summed E-state index contributed by atoms with van der Waals surface area (Å²) in [7, 11) is 1.61.